The monoisotopic (exact) mass is 537 g/mol. The molecule has 4 heterocycles. The van der Waals surface area contributed by atoms with E-state index in [1.54, 1.807) is 47.9 Å². The third-order valence-electron chi connectivity index (χ3n) is 6.46. The van der Waals surface area contributed by atoms with Gasteiger partial charge in [0, 0.05) is 47.6 Å². The van der Waals surface area contributed by atoms with Crippen LogP contribution in [0.15, 0.2) is 47.1 Å². The average molecular weight is 538 g/mol. The highest BCUT2D eigenvalue weighted by Gasteiger charge is 2.31. The summed E-state index contributed by atoms with van der Waals surface area (Å²) in [5.74, 6) is 1.01. The van der Waals surface area contributed by atoms with Gasteiger partial charge in [0.15, 0.2) is 18.5 Å². The molecule has 0 spiro atoms. The lowest BCUT2D eigenvalue weighted by atomic mass is 9.97. The maximum absolute atomic E-state index is 12.7. The summed E-state index contributed by atoms with van der Waals surface area (Å²) in [6.07, 6.45) is 3.34. The van der Waals surface area contributed by atoms with Crippen LogP contribution in [0.25, 0.3) is 0 Å². The van der Waals surface area contributed by atoms with Gasteiger partial charge in [-0.15, -0.1) is 11.3 Å². The molecule has 0 radical (unpaired) electrons. The summed E-state index contributed by atoms with van der Waals surface area (Å²) < 4.78 is 10.8. The predicted molar refractivity (Wildman–Crippen MR) is 138 cm³/mol. The van der Waals surface area contributed by atoms with Crippen molar-refractivity contribution in [2.45, 2.75) is 31.3 Å². The van der Waals surface area contributed by atoms with Gasteiger partial charge in [0.05, 0.1) is 29.4 Å². The van der Waals surface area contributed by atoms with Gasteiger partial charge >= 0.3 is 0 Å². The molecule has 1 saturated heterocycles. The van der Waals surface area contributed by atoms with Crippen LogP contribution in [0.2, 0.25) is 5.02 Å². The van der Waals surface area contributed by atoms with E-state index in [1.165, 1.54) is 7.11 Å². The Labute approximate surface area is 223 Å². The quantitative estimate of drug-likeness (QED) is 0.428. The number of hydrogen-bond acceptors (Lipinski definition) is 9. The fraction of sp³-hybridized carbons (Fsp3) is 0.346. The molecule has 1 fully saturated rings. The molecule has 2 aromatic heterocycles. The summed E-state index contributed by atoms with van der Waals surface area (Å²) in [6, 6.07) is 10.9. The summed E-state index contributed by atoms with van der Waals surface area (Å²) >= 11 is 7.94. The molecule has 11 heteroatoms. The fourth-order valence-corrected chi connectivity index (χ4v) is 5.80. The lowest BCUT2D eigenvalue weighted by molar-refractivity contribution is -0.134. The number of amides is 1. The molecule has 0 N–H and O–H groups in total. The summed E-state index contributed by atoms with van der Waals surface area (Å²) in [7, 11) is 1.51. The topological polar surface area (TPSA) is 110 Å². The summed E-state index contributed by atoms with van der Waals surface area (Å²) in [6.45, 7) is 1.22. The van der Waals surface area contributed by atoms with Crippen molar-refractivity contribution < 1.29 is 19.1 Å². The Bertz CT molecular complexity index is 1360. The number of pyridine rings is 1. The number of nitriles is 1. The minimum absolute atomic E-state index is 0.0615. The van der Waals surface area contributed by atoms with E-state index in [1.807, 2.05) is 10.3 Å². The van der Waals surface area contributed by atoms with Crippen molar-refractivity contribution in [3.63, 3.8) is 0 Å². The molecule has 1 aromatic carbocycles. The second kappa shape index (κ2) is 11.2. The minimum Gasteiger partial charge on any atom is -0.478 e. The van der Waals surface area contributed by atoms with E-state index >= 15 is 0 Å². The molecule has 1 unspecified atom stereocenters. The van der Waals surface area contributed by atoms with Gasteiger partial charge in [-0.2, -0.15) is 5.26 Å². The predicted octanol–water partition coefficient (Wildman–Crippen LogP) is 4.72. The molecule has 9 nitrogen and oxygen atoms in total. The Morgan fingerprint density at radius 3 is 2.92 bits per heavy atom. The van der Waals surface area contributed by atoms with E-state index in [-0.39, 0.29) is 18.4 Å². The Morgan fingerprint density at radius 2 is 2.14 bits per heavy atom. The van der Waals surface area contributed by atoms with Crippen molar-refractivity contribution in [1.82, 2.24) is 14.9 Å². The zero-order valence-electron chi connectivity index (χ0n) is 20.1. The maximum atomic E-state index is 12.7. The smallest absolute Gasteiger partial charge is 0.260 e. The Balaban J connectivity index is 1.15. The first-order valence-electron chi connectivity index (χ1n) is 11.8. The summed E-state index contributed by atoms with van der Waals surface area (Å²) in [4.78, 5) is 29.1. The molecule has 0 bridgehead atoms. The van der Waals surface area contributed by atoms with E-state index < -0.39 is 6.10 Å². The first-order valence-corrected chi connectivity index (χ1v) is 13.1. The number of oxime groups is 1. The van der Waals surface area contributed by atoms with Crippen molar-refractivity contribution in [3.05, 3.63) is 68.8 Å². The number of halogens is 1. The molecule has 0 saturated carbocycles. The van der Waals surface area contributed by atoms with Crippen LogP contribution in [0.3, 0.4) is 0 Å². The number of rotatable bonds is 7. The van der Waals surface area contributed by atoms with E-state index in [9.17, 15) is 10.1 Å². The third-order valence-corrected chi connectivity index (χ3v) is 7.80. The van der Waals surface area contributed by atoms with E-state index in [2.05, 4.69) is 16.2 Å². The second-order valence-electron chi connectivity index (χ2n) is 8.67. The molecular weight excluding hydrogens is 514 g/mol. The first kappa shape index (κ1) is 25.0. The van der Waals surface area contributed by atoms with Crippen LogP contribution in [-0.2, 0) is 9.63 Å². The number of likely N-dealkylation sites (tertiary alicyclic amines) is 1. The third kappa shape index (κ3) is 5.38. The Morgan fingerprint density at radius 1 is 1.30 bits per heavy atom. The number of ether oxygens (including phenoxy) is 2. The fourth-order valence-electron chi connectivity index (χ4n) is 4.50. The van der Waals surface area contributed by atoms with Crippen molar-refractivity contribution in [1.29, 1.82) is 5.26 Å². The molecular formula is C26H24ClN5O4S. The molecule has 190 valence electrons. The van der Waals surface area contributed by atoms with Crippen LogP contribution < -0.4 is 9.47 Å². The minimum atomic E-state index is -0.411. The van der Waals surface area contributed by atoms with Crippen molar-refractivity contribution in [3.8, 4) is 17.7 Å². The van der Waals surface area contributed by atoms with Gasteiger partial charge in [0.25, 0.3) is 11.8 Å². The molecule has 2 aliphatic heterocycles. The molecule has 2 aliphatic rings. The number of carbonyl (C=O) groups excluding carboxylic acids is 1. The van der Waals surface area contributed by atoms with E-state index in [0.29, 0.717) is 47.3 Å². The summed E-state index contributed by atoms with van der Waals surface area (Å²) in [5.41, 5.74) is 2.67. The molecule has 1 amide bonds. The van der Waals surface area contributed by atoms with Gasteiger partial charge in [-0.05, 0) is 37.1 Å². The van der Waals surface area contributed by atoms with Crippen LogP contribution in [-0.4, -0.2) is 53.3 Å². The van der Waals surface area contributed by atoms with Crippen LogP contribution in [0, 0.1) is 11.3 Å². The number of aromatic nitrogens is 2. The van der Waals surface area contributed by atoms with Gasteiger partial charge in [0.2, 0.25) is 0 Å². The van der Waals surface area contributed by atoms with Gasteiger partial charge in [0.1, 0.15) is 5.71 Å². The van der Waals surface area contributed by atoms with Crippen molar-refractivity contribution >= 4 is 34.6 Å². The van der Waals surface area contributed by atoms with Crippen LogP contribution in [0.4, 0.5) is 0 Å². The first-order chi connectivity index (χ1) is 18.1. The van der Waals surface area contributed by atoms with Gasteiger partial charge < -0.3 is 19.2 Å². The van der Waals surface area contributed by atoms with Gasteiger partial charge in [-0.3, -0.25) is 4.79 Å². The van der Waals surface area contributed by atoms with Crippen molar-refractivity contribution in [2.24, 2.45) is 5.16 Å². The number of benzene rings is 1. The molecule has 1 atom stereocenters. The van der Waals surface area contributed by atoms with Gasteiger partial charge in [-0.25, -0.2) is 9.97 Å². The molecule has 0 aliphatic carbocycles. The van der Waals surface area contributed by atoms with E-state index in [0.717, 1.165) is 29.3 Å². The SMILES string of the molecule is COc1ncccc1OCC(=O)N1CCC(c2nc(C3=NOC(c4c(Cl)cccc4C#N)C3)cs2)CC1. The highest BCUT2D eigenvalue weighted by atomic mass is 35.5. The van der Waals surface area contributed by atoms with Crippen LogP contribution >= 0.6 is 22.9 Å². The zero-order chi connectivity index (χ0) is 25.8. The average Bonchev–Trinajstić information content (AvgIpc) is 3.62. The van der Waals surface area contributed by atoms with Gasteiger partial charge in [-0.1, -0.05) is 22.8 Å². The standard InChI is InChI=1S/C26H24ClN5O4S/c1-34-25-21(6-3-9-29-25)35-14-23(33)32-10-7-16(8-11-32)26-30-20(15-37-26)19-12-22(36-31-19)24-17(13-28)4-2-5-18(24)27/h2-6,9,15-16,22H,7-8,10-12,14H2,1H3. The lowest BCUT2D eigenvalue weighted by Crippen LogP contribution is -2.40. The molecule has 37 heavy (non-hydrogen) atoms. The second-order valence-corrected chi connectivity index (χ2v) is 9.97. The highest BCUT2D eigenvalue weighted by molar-refractivity contribution is 7.10. The molecule has 5 rings (SSSR count). The largest absolute Gasteiger partial charge is 0.478 e. The summed E-state index contributed by atoms with van der Waals surface area (Å²) in [5, 5.41) is 17.2. The normalized spacial score (nSPS) is 17.6. The number of methoxy groups -OCH3 is 1. The number of thiazole rings is 1. The van der Waals surface area contributed by atoms with Crippen molar-refractivity contribution in [2.75, 3.05) is 26.8 Å². The highest BCUT2D eigenvalue weighted by Crippen LogP contribution is 2.37. The number of carbonyl (C=O) groups is 1. The maximum Gasteiger partial charge on any atom is 0.260 e. The number of piperidine rings is 1. The Hall–Kier alpha value is -3.68. The van der Waals surface area contributed by atoms with Crippen LogP contribution in [0.1, 0.15) is 53.1 Å². The number of hydrogen-bond donors (Lipinski definition) is 0. The van der Waals surface area contributed by atoms with E-state index in [4.69, 9.17) is 30.9 Å². The number of nitrogens with zero attached hydrogens (tertiary/aromatic N) is 5. The zero-order valence-corrected chi connectivity index (χ0v) is 21.7. The Kier molecular flexibility index (Phi) is 7.53. The van der Waals surface area contributed by atoms with Crippen LogP contribution in [0.5, 0.6) is 11.6 Å². The lowest BCUT2D eigenvalue weighted by Gasteiger charge is -2.31. The molecule has 3 aromatic rings.